The fourth-order valence-electron chi connectivity index (χ4n) is 4.02. The van der Waals surface area contributed by atoms with E-state index in [2.05, 4.69) is 65.6 Å². The number of hydrogen-bond donors (Lipinski definition) is 3. The lowest BCUT2D eigenvalue weighted by Gasteiger charge is -2.33. The van der Waals surface area contributed by atoms with E-state index in [9.17, 15) is 0 Å². The summed E-state index contributed by atoms with van der Waals surface area (Å²) < 4.78 is 0. The van der Waals surface area contributed by atoms with Gasteiger partial charge in [0.25, 0.3) is 0 Å². The van der Waals surface area contributed by atoms with E-state index in [0.29, 0.717) is 12.0 Å². The molecule has 4 heterocycles. The van der Waals surface area contributed by atoms with Gasteiger partial charge in [0.2, 0.25) is 5.95 Å². The minimum Gasteiger partial charge on any atom is -0.324 e. The third-order valence-electron chi connectivity index (χ3n) is 5.77. The average molecular weight is 415 g/mol. The molecule has 8 nitrogen and oxygen atoms in total. The molecular formula is C23H26N8. The normalized spacial score (nSPS) is 15.8. The van der Waals surface area contributed by atoms with E-state index in [0.717, 1.165) is 60.1 Å². The maximum absolute atomic E-state index is 4.67. The Hall–Kier alpha value is -3.36. The number of pyridine rings is 1. The van der Waals surface area contributed by atoms with E-state index in [-0.39, 0.29) is 0 Å². The molecule has 0 spiro atoms. The van der Waals surface area contributed by atoms with Gasteiger partial charge in [-0.05, 0) is 49.7 Å². The van der Waals surface area contributed by atoms with Crippen LogP contribution in [0.5, 0.6) is 0 Å². The zero-order valence-corrected chi connectivity index (χ0v) is 17.8. The largest absolute Gasteiger partial charge is 0.324 e. The highest BCUT2D eigenvalue weighted by molar-refractivity contribution is 5.83. The molecule has 0 amide bonds. The van der Waals surface area contributed by atoms with Crippen LogP contribution in [0.4, 0.5) is 11.8 Å². The number of nitrogens with one attached hydrogen (secondary N) is 3. The molecule has 8 heteroatoms. The third kappa shape index (κ3) is 4.26. The van der Waals surface area contributed by atoms with Gasteiger partial charge in [-0.2, -0.15) is 0 Å². The molecule has 0 radical (unpaired) electrons. The number of imidazole rings is 1. The molecule has 1 fully saturated rings. The van der Waals surface area contributed by atoms with Crippen LogP contribution in [0.2, 0.25) is 0 Å². The van der Waals surface area contributed by atoms with Gasteiger partial charge < -0.3 is 15.6 Å². The van der Waals surface area contributed by atoms with E-state index < -0.39 is 0 Å². The fraction of sp³-hybridized carbons (Fsp3) is 0.304. The zero-order chi connectivity index (χ0) is 21.2. The summed E-state index contributed by atoms with van der Waals surface area (Å²) >= 11 is 0. The Morgan fingerprint density at radius 3 is 2.68 bits per heavy atom. The summed E-state index contributed by atoms with van der Waals surface area (Å²) in [5, 5.41) is 6.73. The van der Waals surface area contributed by atoms with Crippen LogP contribution in [0, 0.1) is 6.92 Å². The van der Waals surface area contributed by atoms with Gasteiger partial charge in [-0.3, -0.25) is 4.90 Å². The van der Waals surface area contributed by atoms with Crippen LogP contribution in [-0.4, -0.2) is 56.0 Å². The minimum atomic E-state index is 0.347. The molecule has 31 heavy (non-hydrogen) atoms. The lowest BCUT2D eigenvalue weighted by Crippen LogP contribution is -2.44. The smallest absolute Gasteiger partial charge is 0.206 e. The molecule has 1 aliphatic heterocycles. The first-order valence-electron chi connectivity index (χ1n) is 10.6. The van der Waals surface area contributed by atoms with Crippen molar-refractivity contribution in [2.45, 2.75) is 19.9 Å². The molecule has 0 unspecified atom stereocenters. The number of fused-ring (bicyclic) bond motifs is 1. The monoisotopic (exact) mass is 414 g/mol. The van der Waals surface area contributed by atoms with Crippen LogP contribution in [0.3, 0.4) is 0 Å². The summed E-state index contributed by atoms with van der Waals surface area (Å²) in [6.07, 6.45) is 3.64. The Morgan fingerprint density at radius 1 is 1.00 bits per heavy atom. The third-order valence-corrected chi connectivity index (χ3v) is 5.77. The van der Waals surface area contributed by atoms with Crippen molar-refractivity contribution in [2.24, 2.45) is 0 Å². The number of nitrogens with zero attached hydrogens (tertiary/aromatic N) is 5. The van der Waals surface area contributed by atoms with Crippen molar-refractivity contribution in [1.82, 2.24) is 35.1 Å². The highest BCUT2D eigenvalue weighted by atomic mass is 15.2. The lowest BCUT2D eigenvalue weighted by atomic mass is 10.1. The average Bonchev–Trinajstić information content (AvgIpc) is 3.21. The second-order valence-corrected chi connectivity index (χ2v) is 7.87. The SMILES string of the molecule is Cc1nccc(-c2ccc3nc(Nc4cc([C@@H](C)N5CCNCC5)ccn4)[nH]c3c2)n1. The van der Waals surface area contributed by atoms with E-state index in [1.165, 1.54) is 5.56 Å². The number of hydrogen-bond acceptors (Lipinski definition) is 7. The fourth-order valence-corrected chi connectivity index (χ4v) is 4.02. The first-order chi connectivity index (χ1) is 15.2. The summed E-state index contributed by atoms with van der Waals surface area (Å²) in [4.78, 5) is 23.7. The lowest BCUT2D eigenvalue weighted by molar-refractivity contribution is 0.185. The van der Waals surface area contributed by atoms with Crippen molar-refractivity contribution >= 4 is 22.8 Å². The van der Waals surface area contributed by atoms with Crippen LogP contribution in [0.25, 0.3) is 22.3 Å². The van der Waals surface area contributed by atoms with Gasteiger partial charge in [0.15, 0.2) is 0 Å². The first-order valence-corrected chi connectivity index (χ1v) is 10.6. The standard InChI is InChI=1S/C23H26N8/c1-15(31-11-9-24-10-12-31)17-5-7-26-22(14-17)30-23-28-20-4-3-18(13-21(20)29-23)19-6-8-25-16(2)27-19/h3-8,13-15,24H,9-12H2,1-2H3,(H2,26,28,29,30)/t15-/m1/s1. The maximum Gasteiger partial charge on any atom is 0.206 e. The van der Waals surface area contributed by atoms with Crippen LogP contribution in [0.1, 0.15) is 24.4 Å². The molecule has 0 saturated carbocycles. The quantitative estimate of drug-likeness (QED) is 0.460. The van der Waals surface area contributed by atoms with Crippen molar-refractivity contribution in [1.29, 1.82) is 0 Å². The molecule has 5 rings (SSSR count). The van der Waals surface area contributed by atoms with Gasteiger partial charge in [-0.25, -0.2) is 19.9 Å². The van der Waals surface area contributed by atoms with Gasteiger partial charge in [0.05, 0.1) is 16.7 Å². The van der Waals surface area contributed by atoms with E-state index >= 15 is 0 Å². The maximum atomic E-state index is 4.67. The Balaban J connectivity index is 1.37. The second-order valence-electron chi connectivity index (χ2n) is 7.87. The Kier molecular flexibility index (Phi) is 5.31. The molecule has 0 bridgehead atoms. The van der Waals surface area contributed by atoms with Crippen LogP contribution in [-0.2, 0) is 0 Å². The molecule has 1 saturated heterocycles. The first kappa shape index (κ1) is 19.6. The minimum absolute atomic E-state index is 0.347. The predicted molar refractivity (Wildman–Crippen MR) is 122 cm³/mol. The summed E-state index contributed by atoms with van der Waals surface area (Å²) in [6, 6.07) is 12.6. The number of aromatic nitrogens is 5. The molecule has 4 aromatic rings. The van der Waals surface area contributed by atoms with Crippen LogP contribution >= 0.6 is 0 Å². The molecule has 0 aliphatic carbocycles. The number of rotatable bonds is 5. The van der Waals surface area contributed by atoms with Gasteiger partial charge in [-0.15, -0.1) is 0 Å². The van der Waals surface area contributed by atoms with Crippen LogP contribution < -0.4 is 10.6 Å². The van der Waals surface area contributed by atoms with Gasteiger partial charge in [0, 0.05) is 50.2 Å². The molecule has 3 N–H and O–H groups in total. The molecule has 1 atom stereocenters. The zero-order valence-electron chi connectivity index (χ0n) is 17.8. The van der Waals surface area contributed by atoms with Crippen molar-refractivity contribution in [3.8, 4) is 11.3 Å². The molecule has 3 aromatic heterocycles. The number of anilines is 2. The molecule has 158 valence electrons. The molecule has 1 aliphatic rings. The molecular weight excluding hydrogens is 388 g/mol. The van der Waals surface area contributed by atoms with Crippen molar-refractivity contribution in [3.05, 3.63) is 60.2 Å². The predicted octanol–water partition coefficient (Wildman–Crippen LogP) is 3.43. The van der Waals surface area contributed by atoms with Crippen molar-refractivity contribution in [3.63, 3.8) is 0 Å². The summed E-state index contributed by atoms with van der Waals surface area (Å²) in [6.45, 7) is 8.34. The number of benzene rings is 1. The highest BCUT2D eigenvalue weighted by Gasteiger charge is 2.18. The Labute approximate surface area is 181 Å². The molecule has 1 aromatic carbocycles. The van der Waals surface area contributed by atoms with Crippen LogP contribution in [0.15, 0.2) is 48.8 Å². The highest BCUT2D eigenvalue weighted by Crippen LogP contribution is 2.26. The van der Waals surface area contributed by atoms with E-state index in [1.54, 1.807) is 6.20 Å². The van der Waals surface area contributed by atoms with E-state index in [4.69, 9.17) is 0 Å². The Morgan fingerprint density at radius 2 is 1.84 bits per heavy atom. The number of aromatic amines is 1. The summed E-state index contributed by atoms with van der Waals surface area (Å²) in [5.74, 6) is 2.21. The number of H-pyrrole nitrogens is 1. The Bertz CT molecular complexity index is 1200. The number of aryl methyl sites for hydroxylation is 1. The second kappa shape index (κ2) is 8.41. The summed E-state index contributed by atoms with van der Waals surface area (Å²) in [7, 11) is 0. The topological polar surface area (TPSA) is 94.6 Å². The van der Waals surface area contributed by atoms with Gasteiger partial charge >= 0.3 is 0 Å². The van der Waals surface area contributed by atoms with Gasteiger partial charge in [0.1, 0.15) is 11.6 Å². The van der Waals surface area contributed by atoms with Crippen molar-refractivity contribution < 1.29 is 0 Å². The van der Waals surface area contributed by atoms with Crippen molar-refractivity contribution in [2.75, 3.05) is 31.5 Å². The number of piperazine rings is 1. The summed E-state index contributed by atoms with van der Waals surface area (Å²) in [5.41, 5.74) is 5.01. The van der Waals surface area contributed by atoms with Gasteiger partial charge in [-0.1, -0.05) is 6.07 Å². The van der Waals surface area contributed by atoms with E-state index in [1.807, 2.05) is 31.3 Å².